The van der Waals surface area contributed by atoms with Crippen molar-refractivity contribution in [1.29, 1.82) is 0 Å². The van der Waals surface area contributed by atoms with E-state index in [1.54, 1.807) is 6.20 Å². The minimum absolute atomic E-state index is 0.0987. The number of nitrogens with zero attached hydrogens (tertiary/aromatic N) is 3. The van der Waals surface area contributed by atoms with E-state index in [9.17, 15) is 9.59 Å². The molecule has 0 bridgehead atoms. The summed E-state index contributed by atoms with van der Waals surface area (Å²) in [6.07, 6.45) is 6.80. The number of piperazine rings is 1. The van der Waals surface area contributed by atoms with Crippen LogP contribution < -0.4 is 5.32 Å². The molecule has 6 heteroatoms. The highest BCUT2D eigenvalue weighted by molar-refractivity contribution is 5.82. The van der Waals surface area contributed by atoms with Gasteiger partial charge in [-0.3, -0.25) is 19.5 Å². The zero-order valence-corrected chi connectivity index (χ0v) is 18.1. The van der Waals surface area contributed by atoms with Gasteiger partial charge in [0.15, 0.2) is 0 Å². The molecule has 1 aliphatic heterocycles. The van der Waals surface area contributed by atoms with Crippen molar-refractivity contribution in [1.82, 2.24) is 20.1 Å². The van der Waals surface area contributed by atoms with Crippen LogP contribution in [0.4, 0.5) is 0 Å². The Bertz CT molecular complexity index is 844. The van der Waals surface area contributed by atoms with Crippen LogP contribution in [0.25, 0.3) is 0 Å². The number of carbonyl (C=O) groups is 2. The largest absolute Gasteiger partial charge is 0.349 e. The van der Waals surface area contributed by atoms with Gasteiger partial charge in [0.2, 0.25) is 11.8 Å². The molecule has 1 aromatic carbocycles. The Morgan fingerprint density at radius 2 is 1.68 bits per heavy atom. The molecule has 4 rings (SSSR count). The van der Waals surface area contributed by atoms with Crippen LogP contribution in [0.1, 0.15) is 36.9 Å². The van der Waals surface area contributed by atoms with Crippen molar-refractivity contribution in [2.24, 2.45) is 5.92 Å². The van der Waals surface area contributed by atoms with Crippen molar-refractivity contribution in [2.75, 3.05) is 26.2 Å². The van der Waals surface area contributed by atoms with Gasteiger partial charge in [-0.05, 0) is 36.5 Å². The second-order valence-electron chi connectivity index (χ2n) is 8.61. The summed E-state index contributed by atoms with van der Waals surface area (Å²) in [5.41, 5.74) is 1.92. The van der Waals surface area contributed by atoms with Crippen molar-refractivity contribution in [3.8, 4) is 0 Å². The Morgan fingerprint density at radius 3 is 2.35 bits per heavy atom. The summed E-state index contributed by atoms with van der Waals surface area (Å²) in [4.78, 5) is 34.5. The van der Waals surface area contributed by atoms with Crippen LogP contribution in [0.3, 0.4) is 0 Å². The molecule has 0 spiro atoms. The molecule has 164 valence electrons. The number of benzene rings is 1. The third-order valence-electron chi connectivity index (χ3n) is 6.54. The molecule has 31 heavy (non-hydrogen) atoms. The van der Waals surface area contributed by atoms with E-state index in [0.29, 0.717) is 32.0 Å². The number of hydrogen-bond acceptors (Lipinski definition) is 4. The van der Waals surface area contributed by atoms with E-state index in [4.69, 9.17) is 0 Å². The van der Waals surface area contributed by atoms with Crippen LogP contribution in [-0.4, -0.2) is 58.8 Å². The van der Waals surface area contributed by atoms with Crippen molar-refractivity contribution in [3.63, 3.8) is 0 Å². The molecular formula is C25H32N4O2. The fourth-order valence-corrected chi connectivity index (χ4v) is 4.87. The summed E-state index contributed by atoms with van der Waals surface area (Å²) < 4.78 is 0. The molecule has 2 aromatic rings. The van der Waals surface area contributed by atoms with Gasteiger partial charge in [-0.15, -0.1) is 0 Å². The molecule has 1 unspecified atom stereocenters. The molecule has 2 fully saturated rings. The minimum atomic E-state index is -0.113. The van der Waals surface area contributed by atoms with Crippen LogP contribution >= 0.6 is 0 Å². The molecule has 2 amide bonds. The lowest BCUT2D eigenvalue weighted by Gasteiger charge is -2.40. The summed E-state index contributed by atoms with van der Waals surface area (Å²) in [6, 6.07) is 15.5. The summed E-state index contributed by atoms with van der Waals surface area (Å²) in [6.45, 7) is 3.32. The summed E-state index contributed by atoms with van der Waals surface area (Å²) in [7, 11) is 0. The minimum Gasteiger partial charge on any atom is -0.349 e. The Balaban J connectivity index is 1.34. The number of aromatic nitrogens is 1. The van der Waals surface area contributed by atoms with E-state index in [-0.39, 0.29) is 17.9 Å². The Labute approximate surface area is 184 Å². The SMILES string of the molecule is O=C(NCc1ccccn1)C(C1CCCC1)N1CCN(C(=O)Cc2ccccc2)CC1. The van der Waals surface area contributed by atoms with Gasteiger partial charge in [0, 0.05) is 32.4 Å². The highest BCUT2D eigenvalue weighted by atomic mass is 16.2. The van der Waals surface area contributed by atoms with Crippen LogP contribution in [-0.2, 0) is 22.6 Å². The van der Waals surface area contributed by atoms with E-state index in [1.807, 2.05) is 53.4 Å². The number of amides is 2. The van der Waals surface area contributed by atoms with Crippen LogP contribution in [0.5, 0.6) is 0 Å². The second kappa shape index (κ2) is 10.5. The Hall–Kier alpha value is -2.73. The van der Waals surface area contributed by atoms with Gasteiger partial charge in [0.05, 0.1) is 24.7 Å². The summed E-state index contributed by atoms with van der Waals surface area (Å²) in [5, 5.41) is 3.12. The van der Waals surface area contributed by atoms with Crippen molar-refractivity contribution < 1.29 is 9.59 Å². The zero-order valence-electron chi connectivity index (χ0n) is 18.1. The first-order chi connectivity index (χ1) is 15.2. The highest BCUT2D eigenvalue weighted by Crippen LogP contribution is 2.31. The molecule has 1 saturated carbocycles. The van der Waals surface area contributed by atoms with Crippen molar-refractivity contribution in [2.45, 2.75) is 44.7 Å². The first kappa shape index (κ1) is 21.5. The molecular weight excluding hydrogens is 388 g/mol. The van der Waals surface area contributed by atoms with Crippen LogP contribution in [0.2, 0.25) is 0 Å². The van der Waals surface area contributed by atoms with Crippen molar-refractivity contribution >= 4 is 11.8 Å². The Kier molecular flexibility index (Phi) is 7.30. The van der Waals surface area contributed by atoms with Gasteiger partial charge in [-0.2, -0.15) is 0 Å². The second-order valence-corrected chi connectivity index (χ2v) is 8.61. The third kappa shape index (κ3) is 5.70. The molecule has 1 aliphatic carbocycles. The quantitative estimate of drug-likeness (QED) is 0.748. The summed E-state index contributed by atoms with van der Waals surface area (Å²) >= 11 is 0. The predicted octanol–water partition coefficient (Wildman–Crippen LogP) is 2.64. The predicted molar refractivity (Wildman–Crippen MR) is 120 cm³/mol. The number of hydrogen-bond donors (Lipinski definition) is 1. The van der Waals surface area contributed by atoms with Gasteiger partial charge >= 0.3 is 0 Å². The van der Waals surface area contributed by atoms with Gasteiger partial charge in [-0.25, -0.2) is 0 Å². The molecule has 0 radical (unpaired) electrons. The van der Waals surface area contributed by atoms with Gasteiger partial charge in [0.1, 0.15) is 0 Å². The maximum absolute atomic E-state index is 13.2. The molecule has 1 N–H and O–H groups in total. The normalized spacial score (nSPS) is 18.6. The average molecular weight is 421 g/mol. The highest BCUT2D eigenvalue weighted by Gasteiger charge is 2.37. The van der Waals surface area contributed by atoms with Crippen molar-refractivity contribution in [3.05, 3.63) is 66.0 Å². The number of rotatable bonds is 7. The number of nitrogens with one attached hydrogen (secondary N) is 1. The lowest BCUT2D eigenvalue weighted by molar-refractivity contribution is -0.134. The van der Waals surface area contributed by atoms with Crippen LogP contribution in [0.15, 0.2) is 54.7 Å². The average Bonchev–Trinajstić information content (AvgIpc) is 3.34. The molecule has 1 atom stereocenters. The molecule has 1 aromatic heterocycles. The van der Waals surface area contributed by atoms with E-state index < -0.39 is 0 Å². The van der Waals surface area contributed by atoms with E-state index in [0.717, 1.165) is 37.2 Å². The molecule has 1 saturated heterocycles. The maximum Gasteiger partial charge on any atom is 0.237 e. The van der Waals surface area contributed by atoms with Crippen LogP contribution in [0, 0.1) is 5.92 Å². The monoisotopic (exact) mass is 420 g/mol. The summed E-state index contributed by atoms with van der Waals surface area (Å²) in [5.74, 6) is 0.666. The Morgan fingerprint density at radius 1 is 0.968 bits per heavy atom. The van der Waals surface area contributed by atoms with Gasteiger partial charge in [0.25, 0.3) is 0 Å². The molecule has 2 aliphatic rings. The smallest absolute Gasteiger partial charge is 0.237 e. The van der Waals surface area contributed by atoms with E-state index in [1.165, 1.54) is 12.8 Å². The fraction of sp³-hybridized carbons (Fsp3) is 0.480. The van der Waals surface area contributed by atoms with E-state index >= 15 is 0 Å². The first-order valence-corrected chi connectivity index (χ1v) is 11.4. The number of pyridine rings is 1. The maximum atomic E-state index is 13.2. The topological polar surface area (TPSA) is 65.5 Å². The van der Waals surface area contributed by atoms with Gasteiger partial charge < -0.3 is 10.2 Å². The van der Waals surface area contributed by atoms with E-state index in [2.05, 4.69) is 15.2 Å². The number of carbonyl (C=O) groups excluding carboxylic acids is 2. The lowest BCUT2D eigenvalue weighted by Crippen LogP contribution is -2.58. The van der Waals surface area contributed by atoms with Gasteiger partial charge in [-0.1, -0.05) is 49.2 Å². The third-order valence-corrected chi connectivity index (χ3v) is 6.54. The lowest BCUT2D eigenvalue weighted by atomic mass is 9.95. The standard InChI is InChI=1S/C25H32N4O2/c30-23(18-20-8-2-1-3-9-20)28-14-16-29(17-15-28)24(21-10-4-5-11-21)25(31)27-19-22-12-6-7-13-26-22/h1-3,6-9,12-13,21,24H,4-5,10-11,14-19H2,(H,27,31). The fourth-order valence-electron chi connectivity index (χ4n) is 4.87. The molecule has 6 nitrogen and oxygen atoms in total. The zero-order chi connectivity index (χ0) is 21.5. The first-order valence-electron chi connectivity index (χ1n) is 11.4. The molecule has 2 heterocycles.